The number of furan rings is 1. The zero-order valence-corrected chi connectivity index (χ0v) is 16.2. The van der Waals surface area contributed by atoms with Crippen molar-refractivity contribution in [3.63, 3.8) is 0 Å². The number of para-hydroxylation sites is 1. The second-order valence-corrected chi connectivity index (χ2v) is 7.47. The molecule has 1 atom stereocenters. The number of nitro groups is 1. The number of carboxylic acids is 1. The van der Waals surface area contributed by atoms with Crippen LogP contribution in [-0.4, -0.2) is 37.2 Å². The van der Waals surface area contributed by atoms with E-state index in [1.165, 1.54) is 12.1 Å². The number of thioether (sulfide) groups is 1. The summed E-state index contributed by atoms with van der Waals surface area (Å²) in [6.45, 7) is 1.66. The molecule has 144 valence electrons. The lowest BCUT2D eigenvalue weighted by molar-refractivity contribution is -0.384. The van der Waals surface area contributed by atoms with Crippen LogP contribution in [-0.2, 0) is 9.59 Å². The molecule has 28 heavy (non-hydrogen) atoms. The van der Waals surface area contributed by atoms with Gasteiger partial charge in [0.1, 0.15) is 21.9 Å². The molecule has 1 N–H and O–H groups in total. The molecule has 1 aliphatic rings. The van der Waals surface area contributed by atoms with E-state index in [9.17, 15) is 24.8 Å². The smallest absolute Gasteiger partial charge is 0.326 e. The molecule has 0 radical (unpaired) electrons. The van der Waals surface area contributed by atoms with Crippen LogP contribution in [0.5, 0.6) is 0 Å². The number of benzene rings is 1. The number of carbonyl (C=O) groups is 2. The third-order valence-electron chi connectivity index (χ3n) is 4.07. The molecule has 1 aromatic heterocycles. The Kier molecular flexibility index (Phi) is 5.61. The fraction of sp³-hybridized carbons (Fsp3) is 0.167. The van der Waals surface area contributed by atoms with Crippen molar-refractivity contribution >= 4 is 51.9 Å². The normalized spacial score (nSPS) is 16.6. The summed E-state index contributed by atoms with van der Waals surface area (Å²) >= 11 is 6.15. The number of amides is 1. The molecular weight excluding hydrogens is 404 g/mol. The Labute approximate surface area is 169 Å². The molecule has 0 bridgehead atoms. The number of carboxylic acid groups (broad SMARTS) is 1. The first kappa shape index (κ1) is 19.8. The highest BCUT2D eigenvalue weighted by atomic mass is 32.2. The molecule has 2 aromatic rings. The molecule has 1 amide bonds. The van der Waals surface area contributed by atoms with Crippen molar-refractivity contribution in [1.82, 2.24) is 4.90 Å². The third-order valence-corrected chi connectivity index (χ3v) is 5.40. The number of nitro benzene ring substituents is 1. The second kappa shape index (κ2) is 7.95. The summed E-state index contributed by atoms with van der Waals surface area (Å²) in [7, 11) is 0. The highest BCUT2D eigenvalue weighted by molar-refractivity contribution is 8.26. The molecule has 0 unspecified atom stereocenters. The van der Waals surface area contributed by atoms with Crippen LogP contribution >= 0.6 is 24.0 Å². The Morgan fingerprint density at radius 3 is 2.75 bits per heavy atom. The summed E-state index contributed by atoms with van der Waals surface area (Å²) in [5.41, 5.74) is 0.221. The van der Waals surface area contributed by atoms with Crippen LogP contribution < -0.4 is 0 Å². The van der Waals surface area contributed by atoms with E-state index in [1.807, 2.05) is 0 Å². The van der Waals surface area contributed by atoms with Gasteiger partial charge in [0.2, 0.25) is 0 Å². The van der Waals surface area contributed by atoms with Gasteiger partial charge in [0.15, 0.2) is 0 Å². The third kappa shape index (κ3) is 3.69. The predicted octanol–water partition coefficient (Wildman–Crippen LogP) is 3.92. The van der Waals surface area contributed by atoms with Gasteiger partial charge in [-0.15, -0.1) is 0 Å². The van der Waals surface area contributed by atoms with Crippen molar-refractivity contribution in [2.75, 3.05) is 0 Å². The lowest BCUT2D eigenvalue weighted by atomic mass is 10.1. The number of carbonyl (C=O) groups excluding carboxylic acids is 1. The molecule has 1 aromatic carbocycles. The van der Waals surface area contributed by atoms with Crippen molar-refractivity contribution in [2.45, 2.75) is 19.4 Å². The van der Waals surface area contributed by atoms with Gasteiger partial charge in [-0.3, -0.25) is 19.8 Å². The highest BCUT2D eigenvalue weighted by Crippen LogP contribution is 2.36. The van der Waals surface area contributed by atoms with Crippen LogP contribution in [0.15, 0.2) is 45.7 Å². The first-order valence-electron chi connectivity index (χ1n) is 8.17. The lowest BCUT2D eigenvalue weighted by Gasteiger charge is -2.21. The SMILES string of the molecule is CC[C@H](C(=O)O)N1C(=O)/C(=C/c2ccc(-c3ccccc3[N+](=O)[O-])o2)SC1=S. The fourth-order valence-electron chi connectivity index (χ4n) is 2.76. The number of hydrogen-bond acceptors (Lipinski definition) is 7. The minimum absolute atomic E-state index is 0.0954. The molecule has 1 saturated heterocycles. The second-order valence-electron chi connectivity index (χ2n) is 5.79. The zero-order valence-electron chi connectivity index (χ0n) is 14.5. The summed E-state index contributed by atoms with van der Waals surface area (Å²) in [5, 5.41) is 20.5. The van der Waals surface area contributed by atoms with Gasteiger partial charge in [0.25, 0.3) is 11.6 Å². The Morgan fingerprint density at radius 1 is 1.39 bits per heavy atom. The van der Waals surface area contributed by atoms with Crippen LogP contribution in [0.25, 0.3) is 17.4 Å². The first-order valence-corrected chi connectivity index (χ1v) is 9.39. The molecule has 8 nitrogen and oxygen atoms in total. The van der Waals surface area contributed by atoms with E-state index >= 15 is 0 Å². The molecule has 0 spiro atoms. The molecule has 0 saturated carbocycles. The molecule has 1 fully saturated rings. The van der Waals surface area contributed by atoms with E-state index in [-0.39, 0.29) is 27.1 Å². The van der Waals surface area contributed by atoms with Gasteiger partial charge < -0.3 is 9.52 Å². The average molecular weight is 418 g/mol. The van der Waals surface area contributed by atoms with Crippen molar-refractivity contribution < 1.29 is 24.0 Å². The molecule has 2 heterocycles. The Hall–Kier alpha value is -2.98. The van der Waals surface area contributed by atoms with Crippen LogP contribution in [0.4, 0.5) is 5.69 Å². The minimum Gasteiger partial charge on any atom is -0.480 e. The van der Waals surface area contributed by atoms with Crippen molar-refractivity contribution in [3.8, 4) is 11.3 Å². The highest BCUT2D eigenvalue weighted by Gasteiger charge is 2.39. The van der Waals surface area contributed by atoms with Crippen LogP contribution in [0.3, 0.4) is 0 Å². The minimum atomic E-state index is -1.13. The number of hydrogen-bond donors (Lipinski definition) is 1. The van der Waals surface area contributed by atoms with Crippen molar-refractivity contribution in [2.24, 2.45) is 0 Å². The van der Waals surface area contributed by atoms with Gasteiger partial charge >= 0.3 is 5.97 Å². The summed E-state index contributed by atoms with van der Waals surface area (Å²) in [4.78, 5) is 36.0. The predicted molar refractivity (Wildman–Crippen MR) is 108 cm³/mol. The van der Waals surface area contributed by atoms with E-state index in [4.69, 9.17) is 16.6 Å². The van der Waals surface area contributed by atoms with Gasteiger partial charge in [-0.1, -0.05) is 43.0 Å². The van der Waals surface area contributed by atoms with Gasteiger partial charge in [-0.25, -0.2) is 4.79 Å². The number of thiocarbonyl (C=S) groups is 1. The molecule has 1 aliphatic heterocycles. The molecule has 3 rings (SSSR count). The van der Waals surface area contributed by atoms with Gasteiger partial charge in [-0.2, -0.15) is 0 Å². The van der Waals surface area contributed by atoms with E-state index < -0.39 is 22.8 Å². The Balaban J connectivity index is 1.90. The first-order chi connectivity index (χ1) is 13.3. The molecule has 10 heteroatoms. The summed E-state index contributed by atoms with van der Waals surface area (Å²) in [6, 6.07) is 8.28. The summed E-state index contributed by atoms with van der Waals surface area (Å²) in [5.74, 6) is -1.05. The van der Waals surface area contributed by atoms with Gasteiger partial charge in [0.05, 0.1) is 15.4 Å². The monoisotopic (exact) mass is 418 g/mol. The van der Waals surface area contributed by atoms with Crippen molar-refractivity contribution in [1.29, 1.82) is 0 Å². The van der Waals surface area contributed by atoms with E-state index in [0.29, 0.717) is 11.3 Å². The van der Waals surface area contributed by atoms with Crippen LogP contribution in [0, 0.1) is 10.1 Å². The Bertz CT molecular complexity index is 1010. The standard InChI is InChI=1S/C18H14N2O6S2/c1-2-12(17(22)23)19-16(21)15(28-18(19)27)9-10-7-8-14(26-10)11-5-3-4-6-13(11)20(24)25/h3-9,12H,2H2,1H3,(H,22,23)/b15-9-/t12-/m1/s1. The maximum Gasteiger partial charge on any atom is 0.326 e. The van der Waals surface area contributed by atoms with E-state index in [1.54, 1.807) is 37.3 Å². The number of rotatable bonds is 6. The summed E-state index contributed by atoms with van der Waals surface area (Å²) < 4.78 is 5.81. The van der Waals surface area contributed by atoms with Gasteiger partial charge in [0, 0.05) is 12.1 Å². The largest absolute Gasteiger partial charge is 0.480 e. The fourth-order valence-corrected chi connectivity index (χ4v) is 4.10. The Morgan fingerprint density at radius 2 is 2.11 bits per heavy atom. The number of nitrogens with zero attached hydrogens (tertiary/aromatic N) is 2. The number of aliphatic carboxylic acids is 1. The van der Waals surface area contributed by atoms with E-state index in [0.717, 1.165) is 16.7 Å². The maximum atomic E-state index is 12.6. The van der Waals surface area contributed by atoms with Gasteiger partial charge in [-0.05, 0) is 24.6 Å². The molecular formula is C18H14N2O6S2. The molecule has 0 aliphatic carbocycles. The summed E-state index contributed by atoms with van der Waals surface area (Å²) in [6.07, 6.45) is 1.67. The van der Waals surface area contributed by atoms with Crippen molar-refractivity contribution in [3.05, 3.63) is 57.2 Å². The van der Waals surface area contributed by atoms with Crippen LogP contribution in [0.2, 0.25) is 0 Å². The van der Waals surface area contributed by atoms with E-state index in [2.05, 4.69) is 0 Å². The topological polar surface area (TPSA) is 114 Å². The zero-order chi connectivity index (χ0) is 20.4. The average Bonchev–Trinajstić information content (AvgIpc) is 3.22. The quantitative estimate of drug-likeness (QED) is 0.325. The maximum absolute atomic E-state index is 12.6. The van der Waals surface area contributed by atoms with Crippen LogP contribution in [0.1, 0.15) is 19.1 Å². The lowest BCUT2D eigenvalue weighted by Crippen LogP contribution is -2.43.